The van der Waals surface area contributed by atoms with E-state index in [0.29, 0.717) is 0 Å². The van der Waals surface area contributed by atoms with Crippen molar-refractivity contribution in [1.29, 1.82) is 0 Å². The Morgan fingerprint density at radius 2 is 1.27 bits per heavy atom. The Bertz CT molecular complexity index is 1310. The molecule has 0 spiro atoms. The fraction of sp³-hybridized carbons (Fsp3) is 0.308. The number of carbonyl (C=O) groups is 3. The van der Waals surface area contributed by atoms with Gasteiger partial charge in [-0.2, -0.15) is 26.3 Å². The lowest BCUT2D eigenvalue weighted by molar-refractivity contribution is -0.193. The summed E-state index contributed by atoms with van der Waals surface area (Å²) in [6, 6.07) is 18.5. The van der Waals surface area contributed by atoms with E-state index in [1.165, 1.54) is 11.3 Å². The number of nitrogens with zero attached hydrogens (tertiary/aromatic N) is 3. The molecule has 1 aliphatic rings. The maximum Gasteiger partial charge on any atom is 0.490 e. The number of para-hydroxylation sites is 1. The van der Waals surface area contributed by atoms with Gasteiger partial charge >= 0.3 is 24.3 Å². The molecule has 0 radical (unpaired) electrons. The van der Waals surface area contributed by atoms with E-state index in [1.807, 2.05) is 30.0 Å². The van der Waals surface area contributed by atoms with Gasteiger partial charge in [-0.3, -0.25) is 9.78 Å². The van der Waals surface area contributed by atoms with E-state index >= 15 is 0 Å². The number of hydrogen-bond donors (Lipinski definition) is 2. The molecule has 1 amide bonds. The van der Waals surface area contributed by atoms with Crippen molar-refractivity contribution in [2.45, 2.75) is 26.2 Å². The van der Waals surface area contributed by atoms with Crippen LogP contribution in [-0.2, 0) is 9.59 Å². The number of carboxylic acid groups (broad SMARTS) is 2. The molecule has 0 unspecified atom stereocenters. The van der Waals surface area contributed by atoms with Crippen LogP contribution in [0.5, 0.6) is 0 Å². The Morgan fingerprint density at radius 1 is 0.775 bits per heavy atom. The molecular weight excluding hydrogens is 548 g/mol. The van der Waals surface area contributed by atoms with Gasteiger partial charge in [-0.25, -0.2) is 9.59 Å². The lowest BCUT2D eigenvalue weighted by Crippen LogP contribution is -2.49. The summed E-state index contributed by atoms with van der Waals surface area (Å²) in [6.07, 6.45) is -10.2. The predicted octanol–water partition coefficient (Wildman–Crippen LogP) is 5.08. The molecule has 1 aromatic heterocycles. The van der Waals surface area contributed by atoms with Gasteiger partial charge in [0.1, 0.15) is 0 Å². The van der Waals surface area contributed by atoms with Crippen LogP contribution < -0.4 is 4.90 Å². The van der Waals surface area contributed by atoms with E-state index < -0.39 is 24.3 Å². The van der Waals surface area contributed by atoms with E-state index in [0.717, 1.165) is 48.3 Å². The number of carboxylic acids is 2. The summed E-state index contributed by atoms with van der Waals surface area (Å²) in [5.41, 5.74) is 4.86. The maximum atomic E-state index is 13.1. The van der Waals surface area contributed by atoms with Gasteiger partial charge in [0, 0.05) is 37.3 Å². The first-order valence-electron chi connectivity index (χ1n) is 11.6. The molecule has 4 rings (SSSR count). The zero-order chi connectivity index (χ0) is 30.3. The van der Waals surface area contributed by atoms with Gasteiger partial charge in [0.25, 0.3) is 5.91 Å². The number of rotatable bonds is 2. The van der Waals surface area contributed by atoms with Crippen LogP contribution in [0.1, 0.15) is 21.6 Å². The number of hydrogen-bond acceptors (Lipinski definition) is 5. The summed E-state index contributed by atoms with van der Waals surface area (Å²) in [7, 11) is 0. The van der Waals surface area contributed by atoms with Gasteiger partial charge in [0.2, 0.25) is 0 Å². The van der Waals surface area contributed by atoms with Crippen LogP contribution in [0.3, 0.4) is 0 Å². The van der Waals surface area contributed by atoms with Gasteiger partial charge in [0.15, 0.2) is 0 Å². The Morgan fingerprint density at radius 3 is 1.75 bits per heavy atom. The highest BCUT2D eigenvalue weighted by Gasteiger charge is 2.38. The number of anilines is 1. The average Bonchev–Trinajstić information content (AvgIpc) is 2.88. The van der Waals surface area contributed by atoms with E-state index in [2.05, 4.69) is 53.2 Å². The molecular formula is C26H25F6N3O5. The zero-order valence-electron chi connectivity index (χ0n) is 21.3. The third-order valence-electron chi connectivity index (χ3n) is 5.56. The molecule has 0 atom stereocenters. The van der Waals surface area contributed by atoms with Crippen LogP contribution in [0.25, 0.3) is 10.9 Å². The number of aryl methyl sites for hydroxylation is 2. The van der Waals surface area contributed by atoms with Crippen molar-refractivity contribution in [3.8, 4) is 0 Å². The number of fused-ring (bicyclic) bond motifs is 1. The Labute approximate surface area is 224 Å². The van der Waals surface area contributed by atoms with Crippen LogP contribution >= 0.6 is 0 Å². The number of piperazine rings is 1. The topological polar surface area (TPSA) is 111 Å². The smallest absolute Gasteiger partial charge is 0.475 e. The minimum absolute atomic E-state index is 0.0890. The van der Waals surface area contributed by atoms with Gasteiger partial charge in [0.05, 0.1) is 16.8 Å². The number of carbonyl (C=O) groups excluding carboxylic acids is 1. The Balaban J connectivity index is 0.000000333. The second-order valence-electron chi connectivity index (χ2n) is 8.54. The molecule has 0 aliphatic carbocycles. The zero-order valence-corrected chi connectivity index (χ0v) is 21.3. The molecule has 1 saturated heterocycles. The quantitative estimate of drug-likeness (QED) is 0.412. The normalized spacial score (nSPS) is 13.5. The summed E-state index contributed by atoms with van der Waals surface area (Å²) < 4.78 is 63.5. The first-order valence-corrected chi connectivity index (χ1v) is 11.6. The van der Waals surface area contributed by atoms with E-state index in [9.17, 15) is 31.1 Å². The molecule has 1 aliphatic heterocycles. The highest BCUT2D eigenvalue weighted by molar-refractivity contribution is 5.98. The molecule has 2 heterocycles. The number of aromatic nitrogens is 1. The molecule has 14 heteroatoms. The monoisotopic (exact) mass is 573 g/mol. The van der Waals surface area contributed by atoms with Crippen molar-refractivity contribution < 1.29 is 50.9 Å². The summed E-state index contributed by atoms with van der Waals surface area (Å²) in [5.74, 6) is -5.42. The second kappa shape index (κ2) is 13.1. The summed E-state index contributed by atoms with van der Waals surface area (Å²) in [4.78, 5) is 39.8. The first kappa shape index (κ1) is 31.9. The summed E-state index contributed by atoms with van der Waals surface area (Å²) in [6.45, 7) is 7.16. The number of alkyl halides is 6. The lowest BCUT2D eigenvalue weighted by Gasteiger charge is -2.36. The number of aliphatic carboxylic acids is 2. The highest BCUT2D eigenvalue weighted by Crippen LogP contribution is 2.21. The van der Waals surface area contributed by atoms with Crippen molar-refractivity contribution in [3.05, 3.63) is 71.4 Å². The third-order valence-corrected chi connectivity index (χ3v) is 5.56. The Kier molecular flexibility index (Phi) is 10.5. The largest absolute Gasteiger partial charge is 0.490 e. The van der Waals surface area contributed by atoms with Crippen LogP contribution in [-0.4, -0.2) is 76.5 Å². The van der Waals surface area contributed by atoms with E-state index in [1.54, 1.807) is 0 Å². The van der Waals surface area contributed by atoms with Gasteiger partial charge in [-0.15, -0.1) is 0 Å². The molecule has 0 saturated carbocycles. The summed E-state index contributed by atoms with van der Waals surface area (Å²) in [5, 5.41) is 15.3. The predicted molar refractivity (Wildman–Crippen MR) is 133 cm³/mol. The van der Waals surface area contributed by atoms with Crippen molar-refractivity contribution in [2.75, 3.05) is 31.1 Å². The fourth-order valence-electron chi connectivity index (χ4n) is 3.59. The number of halogens is 6. The second-order valence-corrected chi connectivity index (χ2v) is 8.54. The number of amides is 1. The van der Waals surface area contributed by atoms with Crippen LogP contribution in [0, 0.1) is 13.8 Å². The van der Waals surface area contributed by atoms with Crippen molar-refractivity contribution in [3.63, 3.8) is 0 Å². The van der Waals surface area contributed by atoms with Crippen molar-refractivity contribution in [2.24, 2.45) is 0 Å². The molecule has 216 valence electrons. The van der Waals surface area contributed by atoms with Crippen molar-refractivity contribution in [1.82, 2.24) is 9.88 Å². The van der Waals surface area contributed by atoms with Gasteiger partial charge < -0.3 is 20.0 Å². The molecule has 2 aromatic carbocycles. The van der Waals surface area contributed by atoms with Crippen molar-refractivity contribution >= 4 is 34.4 Å². The molecule has 40 heavy (non-hydrogen) atoms. The molecule has 1 fully saturated rings. The fourth-order valence-corrected chi connectivity index (χ4v) is 3.59. The molecule has 8 nitrogen and oxygen atoms in total. The van der Waals surface area contributed by atoms with Gasteiger partial charge in [-0.1, -0.05) is 29.8 Å². The van der Waals surface area contributed by atoms with E-state index in [4.69, 9.17) is 19.8 Å². The van der Waals surface area contributed by atoms with Gasteiger partial charge in [-0.05, 0) is 44.2 Å². The molecule has 3 aromatic rings. The number of pyridine rings is 1. The lowest BCUT2D eigenvalue weighted by atomic mass is 10.1. The first-order chi connectivity index (χ1) is 18.5. The number of benzene rings is 2. The molecule has 0 bridgehead atoms. The van der Waals surface area contributed by atoms with Crippen LogP contribution in [0.2, 0.25) is 0 Å². The maximum absolute atomic E-state index is 13.1. The van der Waals surface area contributed by atoms with E-state index in [-0.39, 0.29) is 5.91 Å². The van der Waals surface area contributed by atoms with Crippen LogP contribution in [0.15, 0.2) is 54.6 Å². The van der Waals surface area contributed by atoms with Crippen LogP contribution in [0.4, 0.5) is 32.0 Å². The minimum atomic E-state index is -5.08. The Hall–Kier alpha value is -4.36. The highest BCUT2D eigenvalue weighted by atomic mass is 19.4. The minimum Gasteiger partial charge on any atom is -0.475 e. The average molecular weight is 573 g/mol. The summed E-state index contributed by atoms with van der Waals surface area (Å²) >= 11 is 0. The SMILES string of the molecule is Cc1ccc2nc(C)c(C(=O)N3CCN(c4ccccc4)CC3)cc2c1.O=C(O)C(F)(F)F.O=C(O)C(F)(F)F. The third kappa shape index (κ3) is 9.13. The molecule has 2 N–H and O–H groups in total. The standard InChI is InChI=1S/C22H23N3O.2C2HF3O2/c1-16-8-9-21-18(14-16)15-20(17(2)23-21)22(26)25-12-10-24(11-13-25)19-6-4-3-5-7-19;2*3-2(4,5)1(6)7/h3-9,14-15H,10-13H2,1-2H3;2*(H,6,7).